The van der Waals surface area contributed by atoms with Gasteiger partial charge >= 0.3 is 6.01 Å². The molecule has 0 radical (unpaired) electrons. The van der Waals surface area contributed by atoms with Crippen molar-refractivity contribution in [1.82, 2.24) is 30.0 Å². The number of amides is 1. The second-order valence-electron chi connectivity index (χ2n) is 10.4. The van der Waals surface area contributed by atoms with Crippen molar-refractivity contribution in [2.24, 2.45) is 0 Å². The van der Waals surface area contributed by atoms with Gasteiger partial charge in [0.05, 0.1) is 11.9 Å². The summed E-state index contributed by atoms with van der Waals surface area (Å²) in [6, 6.07) is 9.40. The van der Waals surface area contributed by atoms with Crippen LogP contribution in [0.5, 0.6) is 0 Å². The van der Waals surface area contributed by atoms with Gasteiger partial charge in [-0.1, -0.05) is 31.1 Å². The molecule has 10 nitrogen and oxygen atoms in total. The lowest BCUT2D eigenvalue weighted by Crippen LogP contribution is -2.58. The molecule has 0 bridgehead atoms. The van der Waals surface area contributed by atoms with Crippen molar-refractivity contribution in [3.8, 4) is 11.6 Å². The van der Waals surface area contributed by atoms with Crippen LogP contribution in [0.2, 0.25) is 0 Å². The van der Waals surface area contributed by atoms with Gasteiger partial charge in [0.15, 0.2) is 0 Å². The lowest BCUT2D eigenvalue weighted by molar-refractivity contribution is 0.0490. The van der Waals surface area contributed by atoms with Crippen molar-refractivity contribution in [3.63, 3.8) is 0 Å². The van der Waals surface area contributed by atoms with Crippen molar-refractivity contribution in [2.75, 3.05) is 49.5 Å². The molecule has 2 saturated heterocycles. The predicted octanol–water partition coefficient (Wildman–Crippen LogP) is 4.03. The number of piperidine rings is 1. The molecule has 0 spiro atoms. The molecular formula is C29H40N8O2. The Kier molecular flexibility index (Phi) is 8.40. The zero-order valence-electron chi connectivity index (χ0n) is 23.6. The van der Waals surface area contributed by atoms with Crippen molar-refractivity contribution < 1.29 is 9.21 Å². The molecule has 1 aromatic carbocycles. The van der Waals surface area contributed by atoms with Gasteiger partial charge in [0.2, 0.25) is 0 Å². The first-order valence-corrected chi connectivity index (χ1v) is 14.3. The first-order valence-electron chi connectivity index (χ1n) is 14.3. The van der Waals surface area contributed by atoms with Crippen LogP contribution in [0, 0.1) is 6.92 Å². The van der Waals surface area contributed by atoms with E-state index < -0.39 is 0 Å². The van der Waals surface area contributed by atoms with Crippen LogP contribution in [0.15, 0.2) is 34.9 Å². The van der Waals surface area contributed by atoms with E-state index in [2.05, 4.69) is 51.3 Å². The number of nitrogens with one attached hydrogen (secondary N) is 1. The summed E-state index contributed by atoms with van der Waals surface area (Å²) in [6.45, 7) is 13.5. The molecule has 208 valence electrons. The fourth-order valence-corrected chi connectivity index (χ4v) is 5.81. The quantitative estimate of drug-likeness (QED) is 0.460. The summed E-state index contributed by atoms with van der Waals surface area (Å²) < 4.78 is 5.64. The largest absolute Gasteiger partial charge is 0.402 e. The van der Waals surface area contributed by atoms with E-state index in [1.165, 1.54) is 5.56 Å². The third-order valence-corrected chi connectivity index (χ3v) is 8.02. The summed E-state index contributed by atoms with van der Waals surface area (Å²) >= 11 is 0. The first-order chi connectivity index (χ1) is 19.0. The molecular weight excluding hydrogens is 492 g/mol. The molecule has 1 N–H and O–H groups in total. The maximum Gasteiger partial charge on any atom is 0.315 e. The number of rotatable bonds is 8. The van der Waals surface area contributed by atoms with Crippen LogP contribution in [-0.2, 0) is 6.42 Å². The number of likely N-dealkylation sites (tertiary alicyclic amines) is 1. The molecule has 0 saturated carbocycles. The smallest absolute Gasteiger partial charge is 0.315 e. The van der Waals surface area contributed by atoms with Crippen LogP contribution < -0.4 is 10.2 Å². The van der Waals surface area contributed by atoms with Crippen molar-refractivity contribution in [2.45, 2.75) is 65.5 Å². The van der Waals surface area contributed by atoms with E-state index in [9.17, 15) is 4.79 Å². The minimum Gasteiger partial charge on any atom is -0.402 e. The van der Waals surface area contributed by atoms with Crippen LogP contribution >= 0.6 is 0 Å². The number of benzene rings is 1. The Bertz CT molecular complexity index is 1250. The van der Waals surface area contributed by atoms with E-state index in [-0.39, 0.29) is 5.91 Å². The molecule has 0 aliphatic carbocycles. The van der Waals surface area contributed by atoms with Gasteiger partial charge in [-0.25, -0.2) is 9.97 Å². The van der Waals surface area contributed by atoms with Gasteiger partial charge in [-0.2, -0.15) is 0 Å². The zero-order valence-corrected chi connectivity index (χ0v) is 23.6. The zero-order chi connectivity index (χ0) is 27.4. The maximum atomic E-state index is 13.1. The number of nitrogens with zero attached hydrogens (tertiary/aromatic N) is 7. The molecule has 39 heavy (non-hydrogen) atoms. The second-order valence-corrected chi connectivity index (χ2v) is 10.4. The molecule has 4 heterocycles. The summed E-state index contributed by atoms with van der Waals surface area (Å²) in [5, 5.41) is 11.1. The minimum atomic E-state index is 0.156. The normalized spacial score (nSPS) is 18.9. The molecule has 2 aliphatic rings. The Morgan fingerprint density at radius 1 is 1.05 bits per heavy atom. The average Bonchev–Trinajstić information content (AvgIpc) is 3.45. The highest BCUT2D eigenvalue weighted by atomic mass is 16.4. The number of piperazine rings is 1. The van der Waals surface area contributed by atoms with Crippen LogP contribution in [0.3, 0.4) is 0 Å². The molecule has 5 rings (SSSR count). The summed E-state index contributed by atoms with van der Waals surface area (Å²) in [7, 11) is 0. The Balaban J connectivity index is 1.19. The van der Waals surface area contributed by atoms with Crippen molar-refractivity contribution >= 4 is 17.7 Å². The Hall–Kier alpha value is -3.53. The van der Waals surface area contributed by atoms with Gasteiger partial charge in [0.1, 0.15) is 11.5 Å². The van der Waals surface area contributed by atoms with Crippen molar-refractivity contribution in [3.05, 3.63) is 47.3 Å². The predicted molar refractivity (Wildman–Crippen MR) is 152 cm³/mol. The van der Waals surface area contributed by atoms with Crippen LogP contribution in [0.1, 0.15) is 61.6 Å². The highest BCUT2D eigenvalue weighted by Crippen LogP contribution is 2.28. The molecule has 10 heteroatoms. The summed E-state index contributed by atoms with van der Waals surface area (Å²) in [4.78, 5) is 29.6. The van der Waals surface area contributed by atoms with E-state index in [0.717, 1.165) is 75.5 Å². The molecule has 0 unspecified atom stereocenters. The Labute approximate surface area is 230 Å². The number of carbonyl (C=O) groups is 1. The van der Waals surface area contributed by atoms with Gasteiger partial charge in [0.25, 0.3) is 11.8 Å². The lowest BCUT2D eigenvalue weighted by Gasteiger charge is -2.47. The number of aryl methyl sites for hydroxylation is 2. The van der Waals surface area contributed by atoms with Crippen LogP contribution in [-0.4, -0.2) is 87.2 Å². The summed E-state index contributed by atoms with van der Waals surface area (Å²) in [5.41, 5.74) is 3.50. The van der Waals surface area contributed by atoms with Gasteiger partial charge in [-0.05, 0) is 57.2 Å². The number of aromatic nitrogens is 4. The Morgan fingerprint density at radius 2 is 1.82 bits per heavy atom. The van der Waals surface area contributed by atoms with E-state index in [0.29, 0.717) is 36.2 Å². The highest BCUT2D eigenvalue weighted by Gasteiger charge is 2.35. The minimum absolute atomic E-state index is 0.156. The standard InChI is InChI=1S/C29H40N8O2/c1-5-21-8-10-22(11-9-21)28(38)35-14-12-24(13-15-35)37-17-16-36(19-23(37)6-2)26-20(4)32-25(18-31-26)27-33-34-29(39-27)30-7-3/h8-11,18,23-24H,5-7,12-17,19H2,1-4H3,(H,30,34)/t23-/m0/s1. The number of hydrogen-bond acceptors (Lipinski definition) is 9. The summed E-state index contributed by atoms with van der Waals surface area (Å²) in [6.07, 6.45) is 5.81. The molecule has 1 amide bonds. The van der Waals surface area contributed by atoms with Gasteiger partial charge in [0, 0.05) is 56.9 Å². The Morgan fingerprint density at radius 3 is 2.49 bits per heavy atom. The van der Waals surface area contributed by atoms with Gasteiger partial charge in [-0.15, -0.1) is 5.10 Å². The maximum absolute atomic E-state index is 13.1. The monoisotopic (exact) mass is 532 g/mol. The highest BCUT2D eigenvalue weighted by molar-refractivity contribution is 5.94. The summed E-state index contributed by atoms with van der Waals surface area (Å²) in [5.74, 6) is 1.44. The van der Waals surface area contributed by atoms with E-state index in [1.807, 2.05) is 30.9 Å². The second kappa shape index (κ2) is 12.1. The fraction of sp³-hybridized carbons (Fsp3) is 0.552. The number of anilines is 2. The number of hydrogen-bond donors (Lipinski definition) is 1. The first kappa shape index (κ1) is 27.1. The van der Waals surface area contributed by atoms with Gasteiger partial charge < -0.3 is 19.5 Å². The fourth-order valence-electron chi connectivity index (χ4n) is 5.81. The van der Waals surface area contributed by atoms with Crippen LogP contribution in [0.25, 0.3) is 11.6 Å². The molecule has 2 fully saturated rings. The van der Waals surface area contributed by atoms with Crippen LogP contribution in [0.4, 0.5) is 11.8 Å². The SMILES string of the molecule is CCNc1nnc(-c2cnc(N3CCN(C4CCN(C(=O)c5ccc(CC)cc5)CC4)[C@@H](CC)C3)c(C)n2)o1. The van der Waals surface area contributed by atoms with E-state index in [4.69, 9.17) is 14.4 Å². The molecule has 3 aromatic rings. The molecule has 1 atom stereocenters. The average molecular weight is 533 g/mol. The van der Waals surface area contributed by atoms with E-state index >= 15 is 0 Å². The molecule has 2 aromatic heterocycles. The van der Waals surface area contributed by atoms with Crippen molar-refractivity contribution in [1.29, 1.82) is 0 Å². The lowest BCUT2D eigenvalue weighted by atomic mass is 9.97. The number of carbonyl (C=O) groups excluding carboxylic acids is 1. The third-order valence-electron chi connectivity index (χ3n) is 8.02. The molecule has 2 aliphatic heterocycles. The van der Waals surface area contributed by atoms with Gasteiger partial charge in [-0.3, -0.25) is 9.69 Å². The van der Waals surface area contributed by atoms with E-state index in [1.54, 1.807) is 6.20 Å². The topological polar surface area (TPSA) is 104 Å². The third kappa shape index (κ3) is 5.90.